The molecule has 2 N–H and O–H groups in total. The van der Waals surface area contributed by atoms with Gasteiger partial charge in [-0.1, -0.05) is 65.7 Å². The zero-order chi connectivity index (χ0) is 22.9. The number of hydrogen-bond donors (Lipinski definition) is 2. The summed E-state index contributed by atoms with van der Waals surface area (Å²) in [6, 6.07) is 23.3. The van der Waals surface area contributed by atoms with Crippen LogP contribution in [0.25, 0.3) is 0 Å². The normalized spacial score (nSPS) is 11.6. The molecule has 0 aliphatic heterocycles. The monoisotopic (exact) mass is 465 g/mol. The van der Waals surface area contributed by atoms with Gasteiger partial charge in [0.25, 0.3) is 5.91 Å². The number of rotatable bonds is 5. The van der Waals surface area contributed by atoms with Crippen LogP contribution in [0.1, 0.15) is 35.3 Å². The van der Waals surface area contributed by atoms with Crippen LogP contribution >= 0.6 is 23.2 Å². The van der Waals surface area contributed by atoms with Gasteiger partial charge in [0.2, 0.25) is 5.96 Å². The summed E-state index contributed by atoms with van der Waals surface area (Å²) in [6.07, 6.45) is 0. The van der Waals surface area contributed by atoms with Crippen LogP contribution in [0.5, 0.6) is 0 Å². The molecule has 1 amide bonds. The van der Waals surface area contributed by atoms with E-state index in [2.05, 4.69) is 26.0 Å². The number of halogens is 2. The number of benzene rings is 3. The highest BCUT2D eigenvalue weighted by Gasteiger charge is 2.07. The molecule has 0 radical (unpaired) electrons. The minimum Gasteiger partial charge on any atom is -0.267 e. The fourth-order valence-corrected chi connectivity index (χ4v) is 2.86. The van der Waals surface area contributed by atoms with Gasteiger partial charge in [0.05, 0.1) is 11.4 Å². The molecule has 0 heterocycles. The summed E-state index contributed by atoms with van der Waals surface area (Å²) >= 11 is 11.9. The van der Waals surface area contributed by atoms with Crippen molar-refractivity contribution < 1.29 is 4.79 Å². The molecule has 32 heavy (non-hydrogen) atoms. The lowest BCUT2D eigenvalue weighted by atomic mass is 10.1. The summed E-state index contributed by atoms with van der Waals surface area (Å²) in [6.45, 7) is 3.66. The molecule has 8 heteroatoms. The van der Waals surface area contributed by atoms with Crippen LogP contribution in [-0.4, -0.2) is 23.3 Å². The van der Waals surface area contributed by atoms with Crippen LogP contribution in [0, 0.1) is 0 Å². The van der Waals surface area contributed by atoms with Gasteiger partial charge < -0.3 is 0 Å². The highest BCUT2D eigenvalue weighted by molar-refractivity contribution is 6.31. The van der Waals surface area contributed by atoms with Crippen LogP contribution in [0.15, 0.2) is 94.1 Å². The van der Waals surface area contributed by atoms with Gasteiger partial charge in [0.1, 0.15) is 0 Å². The molecule has 3 rings (SSSR count). The fourth-order valence-electron chi connectivity index (χ4n) is 2.61. The Morgan fingerprint density at radius 2 is 1.09 bits per heavy atom. The molecule has 6 nitrogen and oxygen atoms in total. The van der Waals surface area contributed by atoms with Gasteiger partial charge in [-0.2, -0.15) is 15.2 Å². The third-order valence-corrected chi connectivity index (χ3v) is 4.92. The van der Waals surface area contributed by atoms with Crippen molar-refractivity contribution in [2.45, 2.75) is 13.8 Å². The molecular formula is C24H21Cl2N5O. The van der Waals surface area contributed by atoms with Crippen LogP contribution in [0.2, 0.25) is 10.0 Å². The SMILES string of the molecule is C/C(=N\NC(=NC(=O)c1ccccc1)N/N=C(\C)c1ccc(Cl)cc1)c1ccc(Cl)cc1. The van der Waals surface area contributed by atoms with Crippen molar-refractivity contribution in [3.63, 3.8) is 0 Å². The zero-order valence-corrected chi connectivity index (χ0v) is 19.0. The molecule has 0 aliphatic carbocycles. The van der Waals surface area contributed by atoms with Crippen molar-refractivity contribution in [3.8, 4) is 0 Å². The number of nitrogens with one attached hydrogen (secondary N) is 2. The molecule has 0 aliphatic rings. The van der Waals surface area contributed by atoms with Gasteiger partial charge in [-0.3, -0.25) is 4.79 Å². The number of hydrogen-bond acceptors (Lipinski definition) is 3. The van der Waals surface area contributed by atoms with E-state index in [0.29, 0.717) is 27.0 Å². The maximum atomic E-state index is 12.6. The van der Waals surface area contributed by atoms with Gasteiger partial charge in [-0.25, -0.2) is 10.9 Å². The second-order valence-corrected chi connectivity index (χ2v) is 7.64. The van der Waals surface area contributed by atoms with E-state index in [9.17, 15) is 4.79 Å². The van der Waals surface area contributed by atoms with E-state index < -0.39 is 5.91 Å². The van der Waals surface area contributed by atoms with Crippen molar-refractivity contribution in [1.29, 1.82) is 0 Å². The van der Waals surface area contributed by atoms with E-state index in [0.717, 1.165) is 11.1 Å². The van der Waals surface area contributed by atoms with Crippen LogP contribution < -0.4 is 10.9 Å². The quantitative estimate of drug-likeness (QED) is 0.295. The summed E-state index contributed by atoms with van der Waals surface area (Å²) in [5.41, 5.74) is 9.15. The van der Waals surface area contributed by atoms with Gasteiger partial charge in [0, 0.05) is 15.6 Å². The van der Waals surface area contributed by atoms with E-state index in [4.69, 9.17) is 23.2 Å². The Morgan fingerprint density at radius 1 is 0.656 bits per heavy atom. The number of nitrogens with zero attached hydrogens (tertiary/aromatic N) is 3. The summed E-state index contributed by atoms with van der Waals surface area (Å²) < 4.78 is 0. The lowest BCUT2D eigenvalue weighted by molar-refractivity contribution is 0.100. The third kappa shape index (κ3) is 6.77. The molecule has 3 aromatic rings. The summed E-state index contributed by atoms with van der Waals surface area (Å²) in [4.78, 5) is 16.7. The molecule has 0 fully saturated rings. The molecule has 0 bridgehead atoms. The predicted octanol–water partition coefficient (Wildman–Crippen LogP) is 5.52. The van der Waals surface area contributed by atoms with Gasteiger partial charge in [-0.15, -0.1) is 0 Å². The number of carbonyl (C=O) groups is 1. The van der Waals surface area contributed by atoms with Crippen molar-refractivity contribution in [2.24, 2.45) is 15.2 Å². The molecule has 3 aromatic carbocycles. The first-order chi connectivity index (χ1) is 15.4. The van der Waals surface area contributed by atoms with Crippen LogP contribution in [0.4, 0.5) is 0 Å². The Hall–Kier alpha value is -3.48. The Labute approximate surface area is 196 Å². The highest BCUT2D eigenvalue weighted by Crippen LogP contribution is 2.11. The van der Waals surface area contributed by atoms with Crippen molar-refractivity contribution in [1.82, 2.24) is 10.9 Å². The average molecular weight is 466 g/mol. The molecule has 0 spiro atoms. The fraction of sp³-hybridized carbons (Fsp3) is 0.0833. The number of guanidine groups is 1. The molecule has 0 atom stereocenters. The Balaban J connectivity index is 1.83. The molecular weight excluding hydrogens is 445 g/mol. The van der Waals surface area contributed by atoms with Crippen LogP contribution in [-0.2, 0) is 0 Å². The predicted molar refractivity (Wildman–Crippen MR) is 132 cm³/mol. The molecule has 0 saturated carbocycles. The maximum absolute atomic E-state index is 12.6. The first-order valence-corrected chi connectivity index (χ1v) is 10.5. The van der Waals surface area contributed by atoms with Gasteiger partial charge in [-0.05, 0) is 61.4 Å². The Morgan fingerprint density at radius 3 is 1.53 bits per heavy atom. The molecule has 0 unspecified atom stereocenters. The largest absolute Gasteiger partial charge is 0.280 e. The first kappa shape index (κ1) is 23.2. The second-order valence-electron chi connectivity index (χ2n) is 6.76. The standard InChI is InChI=1S/C24H21Cl2N5O/c1-16(18-8-12-21(25)13-9-18)28-30-24(27-23(32)20-6-4-3-5-7-20)31-29-17(2)19-10-14-22(26)15-11-19/h3-15H,1-2H3,(H2,27,30,31,32)/b28-16+,29-17+. The number of carbonyl (C=O) groups excluding carboxylic acids is 1. The maximum Gasteiger partial charge on any atom is 0.280 e. The molecule has 162 valence electrons. The first-order valence-electron chi connectivity index (χ1n) is 9.73. The minimum atomic E-state index is -0.431. The molecule has 0 aromatic heterocycles. The lowest BCUT2D eigenvalue weighted by Gasteiger charge is -2.08. The third-order valence-electron chi connectivity index (χ3n) is 4.42. The minimum absolute atomic E-state index is 0.0838. The van der Waals surface area contributed by atoms with E-state index >= 15 is 0 Å². The average Bonchev–Trinajstić information content (AvgIpc) is 2.81. The smallest absolute Gasteiger partial charge is 0.267 e. The van der Waals surface area contributed by atoms with E-state index in [-0.39, 0.29) is 5.96 Å². The van der Waals surface area contributed by atoms with Crippen molar-refractivity contribution in [2.75, 3.05) is 0 Å². The Kier molecular flexibility index (Phi) is 8.14. The number of amides is 1. The van der Waals surface area contributed by atoms with Crippen molar-refractivity contribution in [3.05, 3.63) is 106 Å². The van der Waals surface area contributed by atoms with Crippen LogP contribution in [0.3, 0.4) is 0 Å². The zero-order valence-electron chi connectivity index (χ0n) is 17.5. The summed E-state index contributed by atoms with van der Waals surface area (Å²) in [5.74, 6) is -0.347. The van der Waals surface area contributed by atoms with E-state index in [1.807, 2.05) is 44.2 Å². The molecule has 0 saturated heterocycles. The van der Waals surface area contributed by atoms with Gasteiger partial charge in [0.15, 0.2) is 0 Å². The highest BCUT2D eigenvalue weighted by atomic mass is 35.5. The van der Waals surface area contributed by atoms with E-state index in [1.54, 1.807) is 48.5 Å². The van der Waals surface area contributed by atoms with Gasteiger partial charge >= 0.3 is 0 Å². The Bertz CT molecular complexity index is 1090. The summed E-state index contributed by atoms with van der Waals surface area (Å²) in [7, 11) is 0. The van der Waals surface area contributed by atoms with E-state index in [1.165, 1.54) is 0 Å². The second kappa shape index (κ2) is 11.2. The lowest BCUT2D eigenvalue weighted by Crippen LogP contribution is -2.33. The summed E-state index contributed by atoms with van der Waals surface area (Å²) in [5, 5.41) is 9.93. The number of hydrazone groups is 2. The number of aliphatic imine (C=N–C) groups is 1. The van der Waals surface area contributed by atoms with Crippen molar-refractivity contribution >= 4 is 46.5 Å². The topological polar surface area (TPSA) is 78.2 Å².